The molecule has 1 amide bonds. The van der Waals surface area contributed by atoms with Gasteiger partial charge in [0.05, 0.1) is 11.8 Å². The van der Waals surface area contributed by atoms with Gasteiger partial charge < -0.3 is 10.4 Å². The second kappa shape index (κ2) is 5.09. The fraction of sp³-hybridized carbons (Fsp3) is 0.467. The van der Waals surface area contributed by atoms with E-state index < -0.39 is 17.8 Å². The van der Waals surface area contributed by atoms with Crippen LogP contribution in [0.2, 0.25) is 5.02 Å². The summed E-state index contributed by atoms with van der Waals surface area (Å²) in [4.78, 5) is 23.8. The first kappa shape index (κ1) is 13.4. The van der Waals surface area contributed by atoms with Gasteiger partial charge in [0.25, 0.3) is 0 Å². The SMILES string of the molecule is O=C(O)[C@H]1[C@@H]2CC[C@@H](C2)[C@@H]1C(=O)Nc1cccc(Cl)c1. The van der Waals surface area contributed by atoms with Crippen molar-refractivity contribution in [2.24, 2.45) is 23.7 Å². The van der Waals surface area contributed by atoms with Crippen molar-refractivity contribution in [1.82, 2.24) is 0 Å². The van der Waals surface area contributed by atoms with Crippen molar-refractivity contribution in [3.05, 3.63) is 29.3 Å². The van der Waals surface area contributed by atoms with Crippen molar-refractivity contribution < 1.29 is 14.7 Å². The molecule has 2 bridgehead atoms. The Kier molecular flexibility index (Phi) is 3.42. The van der Waals surface area contributed by atoms with Gasteiger partial charge in [0.2, 0.25) is 5.91 Å². The number of hydrogen-bond acceptors (Lipinski definition) is 2. The molecule has 5 heteroatoms. The molecule has 0 heterocycles. The average molecular weight is 294 g/mol. The van der Waals surface area contributed by atoms with E-state index in [1.807, 2.05) is 0 Å². The Morgan fingerprint density at radius 3 is 2.55 bits per heavy atom. The lowest BCUT2D eigenvalue weighted by atomic mass is 9.78. The van der Waals surface area contributed by atoms with Gasteiger partial charge in [-0.1, -0.05) is 17.7 Å². The van der Waals surface area contributed by atoms with Gasteiger partial charge in [0, 0.05) is 10.7 Å². The second-order valence-electron chi connectivity index (χ2n) is 5.72. The highest BCUT2D eigenvalue weighted by Crippen LogP contribution is 2.52. The summed E-state index contributed by atoms with van der Waals surface area (Å²) in [5.41, 5.74) is 0.620. The first-order valence-electron chi connectivity index (χ1n) is 6.85. The number of aliphatic carboxylic acids is 1. The average Bonchev–Trinajstić information content (AvgIpc) is 2.98. The van der Waals surface area contributed by atoms with Crippen LogP contribution in [0.15, 0.2) is 24.3 Å². The van der Waals surface area contributed by atoms with Crippen molar-refractivity contribution in [3.63, 3.8) is 0 Å². The minimum atomic E-state index is -0.844. The van der Waals surface area contributed by atoms with Crippen molar-refractivity contribution >= 4 is 29.2 Å². The van der Waals surface area contributed by atoms with Gasteiger partial charge in [-0.25, -0.2) is 0 Å². The van der Waals surface area contributed by atoms with Crippen molar-refractivity contribution in [2.75, 3.05) is 5.32 Å². The van der Waals surface area contributed by atoms with E-state index in [1.165, 1.54) is 0 Å². The Labute approximate surface area is 122 Å². The Bertz CT molecular complexity index is 560. The summed E-state index contributed by atoms with van der Waals surface area (Å²) < 4.78 is 0. The largest absolute Gasteiger partial charge is 0.481 e. The maximum atomic E-state index is 12.4. The van der Waals surface area contributed by atoms with Gasteiger partial charge in [-0.3, -0.25) is 9.59 Å². The number of carboxylic acid groups (broad SMARTS) is 1. The van der Waals surface area contributed by atoms with Gasteiger partial charge in [-0.2, -0.15) is 0 Å². The third-order valence-corrected chi connectivity index (χ3v) is 4.83. The first-order valence-corrected chi connectivity index (χ1v) is 7.23. The molecule has 0 spiro atoms. The smallest absolute Gasteiger partial charge is 0.307 e. The summed E-state index contributed by atoms with van der Waals surface area (Å²) in [6.07, 6.45) is 2.76. The minimum Gasteiger partial charge on any atom is -0.481 e. The lowest BCUT2D eigenvalue weighted by Gasteiger charge is -2.27. The van der Waals surface area contributed by atoms with Gasteiger partial charge in [0.1, 0.15) is 0 Å². The quantitative estimate of drug-likeness (QED) is 0.900. The molecule has 0 saturated heterocycles. The van der Waals surface area contributed by atoms with E-state index in [9.17, 15) is 14.7 Å². The standard InChI is InChI=1S/C15H16ClNO3/c16-10-2-1-3-11(7-10)17-14(18)12-8-4-5-9(6-8)13(12)15(19)20/h1-3,7-9,12-13H,4-6H2,(H,17,18)(H,19,20)/t8-,9+,12-,13-/m0/s1. The van der Waals surface area contributed by atoms with Crippen LogP contribution in [0.25, 0.3) is 0 Å². The zero-order valence-corrected chi connectivity index (χ0v) is 11.6. The number of carboxylic acids is 1. The number of amides is 1. The molecule has 3 rings (SSSR count). The van der Waals surface area contributed by atoms with E-state index in [2.05, 4.69) is 5.32 Å². The van der Waals surface area contributed by atoms with E-state index in [-0.39, 0.29) is 17.7 Å². The number of carbonyl (C=O) groups is 2. The van der Waals surface area contributed by atoms with E-state index >= 15 is 0 Å². The van der Waals surface area contributed by atoms with Gasteiger partial charge in [-0.05, 0) is 49.3 Å². The van der Waals surface area contributed by atoms with E-state index in [0.29, 0.717) is 10.7 Å². The van der Waals surface area contributed by atoms with Crippen LogP contribution in [0.5, 0.6) is 0 Å². The van der Waals surface area contributed by atoms with Crippen LogP contribution in [0.3, 0.4) is 0 Å². The molecule has 0 aromatic heterocycles. The first-order chi connectivity index (χ1) is 9.56. The number of rotatable bonds is 3. The molecule has 106 valence electrons. The number of nitrogens with one attached hydrogen (secondary N) is 1. The van der Waals surface area contributed by atoms with E-state index in [0.717, 1.165) is 19.3 Å². The third-order valence-electron chi connectivity index (χ3n) is 4.60. The Balaban J connectivity index is 1.78. The maximum Gasteiger partial charge on any atom is 0.307 e. The van der Waals surface area contributed by atoms with E-state index in [1.54, 1.807) is 24.3 Å². The minimum absolute atomic E-state index is 0.160. The topological polar surface area (TPSA) is 66.4 Å². The number of benzene rings is 1. The molecular weight excluding hydrogens is 278 g/mol. The molecule has 1 aromatic rings. The molecule has 2 N–H and O–H groups in total. The van der Waals surface area contributed by atoms with Gasteiger partial charge in [-0.15, -0.1) is 0 Å². The zero-order valence-electron chi connectivity index (χ0n) is 10.9. The maximum absolute atomic E-state index is 12.4. The summed E-state index contributed by atoms with van der Waals surface area (Å²) in [5, 5.41) is 12.7. The summed E-state index contributed by atoms with van der Waals surface area (Å²) in [6, 6.07) is 6.91. The van der Waals surface area contributed by atoms with Crippen LogP contribution in [0, 0.1) is 23.7 Å². The zero-order chi connectivity index (χ0) is 14.3. The molecular formula is C15H16ClNO3. The van der Waals surface area contributed by atoms with Crippen LogP contribution in [-0.4, -0.2) is 17.0 Å². The monoisotopic (exact) mass is 293 g/mol. The highest BCUT2D eigenvalue weighted by molar-refractivity contribution is 6.30. The molecule has 0 radical (unpaired) electrons. The second-order valence-corrected chi connectivity index (χ2v) is 6.16. The number of anilines is 1. The summed E-state index contributed by atoms with van der Waals surface area (Å²) in [7, 11) is 0. The molecule has 2 aliphatic carbocycles. The van der Waals surface area contributed by atoms with Crippen LogP contribution in [-0.2, 0) is 9.59 Å². The summed E-state index contributed by atoms with van der Waals surface area (Å²) in [5.74, 6) is -1.61. The highest BCUT2D eigenvalue weighted by atomic mass is 35.5. The lowest BCUT2D eigenvalue weighted by molar-refractivity contribution is -0.148. The molecule has 4 nitrogen and oxygen atoms in total. The van der Waals surface area contributed by atoms with Crippen LogP contribution < -0.4 is 5.32 Å². The molecule has 2 fully saturated rings. The fourth-order valence-corrected chi connectivity index (χ4v) is 4.01. The van der Waals surface area contributed by atoms with Crippen molar-refractivity contribution in [3.8, 4) is 0 Å². The van der Waals surface area contributed by atoms with Crippen LogP contribution in [0.4, 0.5) is 5.69 Å². The Morgan fingerprint density at radius 2 is 1.90 bits per heavy atom. The molecule has 0 aliphatic heterocycles. The number of halogens is 1. The summed E-state index contributed by atoms with van der Waals surface area (Å²) in [6.45, 7) is 0. The van der Waals surface area contributed by atoms with Crippen LogP contribution in [0.1, 0.15) is 19.3 Å². The molecule has 2 saturated carbocycles. The predicted molar refractivity (Wildman–Crippen MR) is 75.5 cm³/mol. The van der Waals surface area contributed by atoms with Crippen molar-refractivity contribution in [1.29, 1.82) is 0 Å². The predicted octanol–water partition coefficient (Wildman–Crippen LogP) is 3.03. The molecule has 4 atom stereocenters. The number of hydrogen-bond donors (Lipinski definition) is 2. The van der Waals surface area contributed by atoms with Gasteiger partial charge >= 0.3 is 5.97 Å². The summed E-state index contributed by atoms with van der Waals surface area (Å²) >= 11 is 5.88. The molecule has 1 aromatic carbocycles. The lowest BCUT2D eigenvalue weighted by Crippen LogP contribution is -2.37. The van der Waals surface area contributed by atoms with E-state index in [4.69, 9.17) is 11.6 Å². The molecule has 2 aliphatic rings. The van der Waals surface area contributed by atoms with Crippen LogP contribution >= 0.6 is 11.6 Å². The molecule has 0 unspecified atom stereocenters. The fourth-order valence-electron chi connectivity index (χ4n) is 3.82. The number of carbonyl (C=O) groups excluding carboxylic acids is 1. The third kappa shape index (κ3) is 2.29. The molecule has 20 heavy (non-hydrogen) atoms. The number of fused-ring (bicyclic) bond motifs is 2. The van der Waals surface area contributed by atoms with Crippen molar-refractivity contribution in [2.45, 2.75) is 19.3 Å². The normalized spacial score (nSPS) is 31.2. The van der Waals surface area contributed by atoms with Gasteiger partial charge in [0.15, 0.2) is 0 Å². The highest BCUT2D eigenvalue weighted by Gasteiger charge is 2.53. The Hall–Kier alpha value is -1.55. The Morgan fingerprint density at radius 1 is 1.20 bits per heavy atom.